The van der Waals surface area contributed by atoms with Crippen LogP contribution in [0.15, 0.2) is 103 Å². The van der Waals surface area contributed by atoms with Crippen molar-refractivity contribution in [3.05, 3.63) is 130 Å². The molecular weight excluding hydrogens is 384 g/mol. The van der Waals surface area contributed by atoms with E-state index in [0.29, 0.717) is 0 Å². The minimum atomic E-state index is -0.327. The average molecular weight is 401 g/mol. The molecule has 0 heterocycles. The highest BCUT2D eigenvalue weighted by atomic mass is 35.5. The van der Waals surface area contributed by atoms with Crippen LogP contribution in [-0.2, 0) is 5.41 Å². The summed E-state index contributed by atoms with van der Waals surface area (Å²) < 4.78 is 0. The lowest BCUT2D eigenvalue weighted by Crippen LogP contribution is -2.25. The first-order valence-corrected chi connectivity index (χ1v) is 10.7. The second-order valence-corrected chi connectivity index (χ2v) is 8.68. The van der Waals surface area contributed by atoms with E-state index in [1.54, 1.807) is 0 Å². The first-order valence-electron chi connectivity index (χ1n) is 10.3. The molecule has 0 saturated carbocycles. The Balaban J connectivity index is 1.75. The van der Waals surface area contributed by atoms with E-state index in [2.05, 4.69) is 97.1 Å². The molecule has 2 aliphatic rings. The quantitative estimate of drug-likeness (QED) is 0.243. The number of halogens is 1. The summed E-state index contributed by atoms with van der Waals surface area (Å²) in [5, 5.41) is 3.38. The van der Waals surface area contributed by atoms with Crippen LogP contribution in [0.2, 0.25) is 5.02 Å². The van der Waals surface area contributed by atoms with E-state index in [-0.39, 0.29) is 5.41 Å². The van der Waals surface area contributed by atoms with Crippen molar-refractivity contribution < 1.29 is 0 Å². The van der Waals surface area contributed by atoms with E-state index in [1.165, 1.54) is 55.3 Å². The van der Waals surface area contributed by atoms with E-state index in [9.17, 15) is 0 Å². The van der Waals surface area contributed by atoms with Gasteiger partial charge in [-0.25, -0.2) is 0 Å². The van der Waals surface area contributed by atoms with Gasteiger partial charge in [0.2, 0.25) is 0 Å². The molecule has 5 aromatic rings. The van der Waals surface area contributed by atoms with Gasteiger partial charge in [-0.1, -0.05) is 103 Å². The molecule has 140 valence electrons. The van der Waals surface area contributed by atoms with E-state index in [0.717, 1.165) is 5.02 Å². The number of hydrogen-bond acceptors (Lipinski definition) is 0. The van der Waals surface area contributed by atoms with Crippen molar-refractivity contribution >= 4 is 22.4 Å². The van der Waals surface area contributed by atoms with E-state index in [1.807, 2.05) is 6.07 Å². The third-order valence-electron chi connectivity index (χ3n) is 6.94. The minimum absolute atomic E-state index is 0.327. The van der Waals surface area contributed by atoms with Gasteiger partial charge >= 0.3 is 0 Å². The predicted octanol–water partition coefficient (Wildman–Crippen LogP) is 7.84. The van der Waals surface area contributed by atoms with Crippen molar-refractivity contribution in [3.63, 3.8) is 0 Å². The zero-order valence-electron chi connectivity index (χ0n) is 16.2. The Labute approximate surface area is 180 Å². The van der Waals surface area contributed by atoms with Crippen molar-refractivity contribution in [1.82, 2.24) is 0 Å². The van der Waals surface area contributed by atoms with Crippen molar-refractivity contribution in [1.29, 1.82) is 0 Å². The summed E-state index contributed by atoms with van der Waals surface area (Å²) in [6, 6.07) is 37.5. The second kappa shape index (κ2) is 5.62. The van der Waals surface area contributed by atoms with Gasteiger partial charge in [-0.05, 0) is 67.4 Å². The molecule has 0 aromatic heterocycles. The van der Waals surface area contributed by atoms with Crippen LogP contribution in [0.3, 0.4) is 0 Å². The van der Waals surface area contributed by atoms with E-state index >= 15 is 0 Å². The van der Waals surface area contributed by atoms with Gasteiger partial charge in [0.15, 0.2) is 0 Å². The van der Waals surface area contributed by atoms with Gasteiger partial charge in [0, 0.05) is 5.02 Å². The molecule has 30 heavy (non-hydrogen) atoms. The lowest BCUT2D eigenvalue weighted by Gasteiger charge is -2.30. The molecule has 1 heteroatoms. The van der Waals surface area contributed by atoms with Crippen LogP contribution in [0.5, 0.6) is 0 Å². The molecule has 0 nitrogen and oxygen atoms in total. The summed E-state index contributed by atoms with van der Waals surface area (Å²) in [5.41, 5.74) is 10.3. The molecule has 0 fully saturated rings. The molecule has 2 aliphatic carbocycles. The average Bonchev–Trinajstić information content (AvgIpc) is 3.26. The maximum atomic E-state index is 6.58. The Kier molecular flexibility index (Phi) is 3.08. The Bertz CT molecular complexity index is 1510. The van der Waals surface area contributed by atoms with Crippen molar-refractivity contribution in [2.75, 3.05) is 0 Å². The lowest BCUT2D eigenvalue weighted by molar-refractivity contribution is 0.794. The summed E-state index contributed by atoms with van der Waals surface area (Å²) in [4.78, 5) is 0. The summed E-state index contributed by atoms with van der Waals surface area (Å²) in [7, 11) is 0. The van der Waals surface area contributed by atoms with Gasteiger partial charge in [-0.15, -0.1) is 0 Å². The van der Waals surface area contributed by atoms with Gasteiger partial charge in [0.25, 0.3) is 0 Å². The highest BCUT2D eigenvalue weighted by Gasteiger charge is 2.51. The van der Waals surface area contributed by atoms with Gasteiger partial charge in [-0.3, -0.25) is 0 Å². The van der Waals surface area contributed by atoms with Crippen LogP contribution >= 0.6 is 11.6 Å². The van der Waals surface area contributed by atoms with Gasteiger partial charge in [0.1, 0.15) is 0 Å². The molecule has 1 spiro atoms. The van der Waals surface area contributed by atoms with Gasteiger partial charge < -0.3 is 0 Å². The normalized spacial score (nSPS) is 17.6. The fourth-order valence-corrected chi connectivity index (χ4v) is 6.05. The summed E-state index contributed by atoms with van der Waals surface area (Å²) >= 11 is 6.58. The summed E-state index contributed by atoms with van der Waals surface area (Å²) in [6.45, 7) is 0. The van der Waals surface area contributed by atoms with E-state index < -0.39 is 0 Å². The van der Waals surface area contributed by atoms with Crippen LogP contribution in [0.4, 0.5) is 0 Å². The molecule has 7 rings (SSSR count). The molecule has 0 bridgehead atoms. The fraction of sp³-hybridized carbons (Fsp3) is 0.0345. The monoisotopic (exact) mass is 400 g/mol. The summed E-state index contributed by atoms with van der Waals surface area (Å²) in [5.74, 6) is 0. The first-order chi connectivity index (χ1) is 14.8. The smallest absolute Gasteiger partial charge is 0.0726 e. The van der Waals surface area contributed by atoms with E-state index in [4.69, 9.17) is 11.6 Å². The minimum Gasteiger partial charge on any atom is -0.0843 e. The topological polar surface area (TPSA) is 0 Å². The highest BCUT2D eigenvalue weighted by Crippen LogP contribution is 2.63. The SMILES string of the molecule is Clc1ccc2c(c1)C1(c3ccccc3-2)c2ccccc2-c2c1ccc1ccccc21. The van der Waals surface area contributed by atoms with Crippen LogP contribution in [0.25, 0.3) is 33.0 Å². The molecular formula is C29H17Cl. The van der Waals surface area contributed by atoms with Crippen LogP contribution in [0, 0.1) is 0 Å². The number of fused-ring (bicyclic) bond motifs is 12. The molecule has 5 aromatic carbocycles. The van der Waals surface area contributed by atoms with Crippen molar-refractivity contribution in [2.45, 2.75) is 5.41 Å². The van der Waals surface area contributed by atoms with Crippen LogP contribution in [0.1, 0.15) is 22.3 Å². The van der Waals surface area contributed by atoms with Crippen LogP contribution < -0.4 is 0 Å². The molecule has 0 amide bonds. The third-order valence-corrected chi connectivity index (χ3v) is 7.18. The zero-order chi connectivity index (χ0) is 19.9. The Hall–Kier alpha value is -3.35. The highest BCUT2D eigenvalue weighted by molar-refractivity contribution is 6.30. The second-order valence-electron chi connectivity index (χ2n) is 8.24. The predicted molar refractivity (Wildman–Crippen MR) is 125 cm³/mol. The number of benzene rings is 5. The standard InChI is InChI=1S/C29H17Cl/c30-19-14-15-22-21-9-3-5-11-24(21)29(27(22)17-19)25-12-6-4-10-23(25)28-20-8-2-1-7-18(20)13-16-26(28)29/h1-17H. The van der Waals surface area contributed by atoms with Crippen molar-refractivity contribution in [3.8, 4) is 22.3 Å². The first kappa shape index (κ1) is 16.4. The van der Waals surface area contributed by atoms with Gasteiger partial charge in [-0.2, -0.15) is 0 Å². The molecule has 0 N–H and O–H groups in total. The van der Waals surface area contributed by atoms with Gasteiger partial charge in [0.05, 0.1) is 5.41 Å². The lowest BCUT2D eigenvalue weighted by atomic mass is 9.70. The maximum absolute atomic E-state index is 6.58. The number of rotatable bonds is 0. The molecule has 1 atom stereocenters. The Morgan fingerprint density at radius 3 is 2.03 bits per heavy atom. The Morgan fingerprint density at radius 2 is 1.17 bits per heavy atom. The largest absolute Gasteiger partial charge is 0.0843 e. The molecule has 0 saturated heterocycles. The number of hydrogen-bond donors (Lipinski definition) is 0. The molecule has 0 radical (unpaired) electrons. The summed E-state index contributed by atoms with van der Waals surface area (Å²) in [6.07, 6.45) is 0. The third kappa shape index (κ3) is 1.79. The fourth-order valence-electron chi connectivity index (χ4n) is 5.88. The molecule has 1 unspecified atom stereocenters. The zero-order valence-corrected chi connectivity index (χ0v) is 16.9. The molecule has 0 aliphatic heterocycles. The maximum Gasteiger partial charge on any atom is 0.0726 e. The van der Waals surface area contributed by atoms with Crippen molar-refractivity contribution in [2.24, 2.45) is 0 Å². The Morgan fingerprint density at radius 1 is 0.500 bits per heavy atom. The van der Waals surface area contributed by atoms with Crippen LogP contribution in [-0.4, -0.2) is 0 Å².